The summed E-state index contributed by atoms with van der Waals surface area (Å²) >= 11 is 3.63. The molecule has 0 saturated carbocycles. The van der Waals surface area contributed by atoms with E-state index in [9.17, 15) is 0 Å². The van der Waals surface area contributed by atoms with Gasteiger partial charge in [-0.15, -0.1) is 0 Å². The average Bonchev–Trinajstić information content (AvgIpc) is 2.60. The second-order valence-electron chi connectivity index (χ2n) is 5.77. The quantitative estimate of drug-likeness (QED) is 0.589. The molecular weight excluding hydrogens is 382 g/mol. The maximum absolute atomic E-state index is 6.01. The average molecular weight is 408 g/mol. The van der Waals surface area contributed by atoms with E-state index in [0.29, 0.717) is 19.8 Å². The molecule has 0 amide bonds. The molecular formula is C20H26BrNO3. The minimum absolute atomic E-state index is 0.514. The number of rotatable bonds is 10. The molecule has 0 atom stereocenters. The van der Waals surface area contributed by atoms with Crippen LogP contribution in [0.4, 0.5) is 0 Å². The van der Waals surface area contributed by atoms with E-state index >= 15 is 0 Å². The van der Waals surface area contributed by atoms with Crippen LogP contribution in [0.2, 0.25) is 0 Å². The number of hydrogen-bond acceptors (Lipinski definition) is 4. The summed E-state index contributed by atoms with van der Waals surface area (Å²) in [5.41, 5.74) is 3.50. The molecule has 1 N–H and O–H groups in total. The Morgan fingerprint density at radius 3 is 2.60 bits per heavy atom. The fourth-order valence-electron chi connectivity index (χ4n) is 2.45. The van der Waals surface area contributed by atoms with Crippen molar-refractivity contribution < 1.29 is 14.2 Å². The normalized spacial score (nSPS) is 10.7. The van der Waals surface area contributed by atoms with E-state index in [1.54, 1.807) is 7.11 Å². The Kier molecular flexibility index (Phi) is 8.25. The molecule has 0 saturated heterocycles. The zero-order valence-corrected chi connectivity index (χ0v) is 16.7. The molecule has 0 radical (unpaired) electrons. The van der Waals surface area contributed by atoms with Crippen molar-refractivity contribution in [2.75, 3.05) is 26.9 Å². The highest BCUT2D eigenvalue weighted by atomic mass is 79.9. The van der Waals surface area contributed by atoms with Gasteiger partial charge in [-0.3, -0.25) is 0 Å². The largest absolute Gasteiger partial charge is 0.490 e. The van der Waals surface area contributed by atoms with Gasteiger partial charge in [-0.2, -0.15) is 0 Å². The standard InChI is InChI=1S/C20H26BrNO3/c1-4-24-19-11-17(13-22-8-9-23-3)18(21)12-20(19)25-14-16-7-5-6-15(2)10-16/h5-7,10-12,22H,4,8-9,13-14H2,1-3H3. The van der Waals surface area contributed by atoms with E-state index in [1.165, 1.54) is 5.56 Å². The van der Waals surface area contributed by atoms with Gasteiger partial charge in [0.1, 0.15) is 6.61 Å². The van der Waals surface area contributed by atoms with Gasteiger partial charge >= 0.3 is 0 Å². The molecule has 4 nitrogen and oxygen atoms in total. The van der Waals surface area contributed by atoms with Crippen LogP contribution in [0.25, 0.3) is 0 Å². The fraction of sp³-hybridized carbons (Fsp3) is 0.400. The number of aryl methyl sites for hydroxylation is 1. The summed E-state index contributed by atoms with van der Waals surface area (Å²) < 4.78 is 17.8. The van der Waals surface area contributed by atoms with Crippen LogP contribution < -0.4 is 14.8 Å². The lowest BCUT2D eigenvalue weighted by molar-refractivity contribution is 0.199. The van der Waals surface area contributed by atoms with Crippen LogP contribution in [0.1, 0.15) is 23.6 Å². The van der Waals surface area contributed by atoms with Crippen LogP contribution in [-0.4, -0.2) is 26.9 Å². The molecule has 0 fully saturated rings. The Labute approximate surface area is 158 Å². The second kappa shape index (κ2) is 10.4. The highest BCUT2D eigenvalue weighted by molar-refractivity contribution is 9.10. The first-order valence-electron chi connectivity index (χ1n) is 8.47. The molecule has 0 unspecified atom stereocenters. The molecule has 5 heteroatoms. The summed E-state index contributed by atoms with van der Waals surface area (Å²) in [4.78, 5) is 0. The van der Waals surface area contributed by atoms with Gasteiger partial charge in [-0.25, -0.2) is 0 Å². The maximum atomic E-state index is 6.01. The third-order valence-electron chi connectivity index (χ3n) is 3.69. The number of halogens is 1. The molecule has 2 rings (SSSR count). The topological polar surface area (TPSA) is 39.7 Å². The molecule has 0 bridgehead atoms. The lowest BCUT2D eigenvalue weighted by Crippen LogP contribution is -2.18. The Bertz CT molecular complexity index is 676. The van der Waals surface area contributed by atoms with E-state index in [0.717, 1.165) is 40.2 Å². The highest BCUT2D eigenvalue weighted by Crippen LogP contribution is 2.34. The van der Waals surface area contributed by atoms with Crippen LogP contribution in [0.15, 0.2) is 40.9 Å². The zero-order chi connectivity index (χ0) is 18.1. The second-order valence-corrected chi connectivity index (χ2v) is 6.63. The number of hydrogen-bond donors (Lipinski definition) is 1. The summed E-state index contributed by atoms with van der Waals surface area (Å²) in [6, 6.07) is 12.3. The molecule has 25 heavy (non-hydrogen) atoms. The van der Waals surface area contributed by atoms with Crippen LogP contribution in [0.5, 0.6) is 11.5 Å². The van der Waals surface area contributed by atoms with Gasteiger partial charge in [0.05, 0.1) is 13.2 Å². The van der Waals surface area contributed by atoms with E-state index in [2.05, 4.69) is 46.4 Å². The predicted octanol–water partition coefficient (Wildman–Crippen LogP) is 4.47. The summed E-state index contributed by atoms with van der Waals surface area (Å²) in [7, 11) is 1.70. The van der Waals surface area contributed by atoms with Crippen LogP contribution >= 0.6 is 15.9 Å². The van der Waals surface area contributed by atoms with Gasteiger partial charge in [-0.1, -0.05) is 45.8 Å². The summed E-state index contributed by atoms with van der Waals surface area (Å²) in [6.07, 6.45) is 0. The summed E-state index contributed by atoms with van der Waals surface area (Å²) in [5.74, 6) is 1.51. The van der Waals surface area contributed by atoms with Crippen molar-refractivity contribution in [1.82, 2.24) is 5.32 Å². The zero-order valence-electron chi connectivity index (χ0n) is 15.1. The third-order valence-corrected chi connectivity index (χ3v) is 4.43. The minimum atomic E-state index is 0.514. The molecule has 2 aromatic rings. The first-order chi connectivity index (χ1) is 12.1. The first-order valence-corrected chi connectivity index (χ1v) is 9.26. The lowest BCUT2D eigenvalue weighted by atomic mass is 10.1. The van der Waals surface area contributed by atoms with Gasteiger partial charge in [0.2, 0.25) is 0 Å². The van der Waals surface area contributed by atoms with E-state index < -0.39 is 0 Å². The van der Waals surface area contributed by atoms with Gasteiger partial charge in [0, 0.05) is 24.7 Å². The Balaban J connectivity index is 2.09. The van der Waals surface area contributed by atoms with Crippen molar-refractivity contribution in [3.05, 3.63) is 57.6 Å². The molecule has 0 aliphatic heterocycles. The number of nitrogens with one attached hydrogen (secondary N) is 1. The van der Waals surface area contributed by atoms with Crippen LogP contribution in [0.3, 0.4) is 0 Å². The summed E-state index contributed by atoms with van der Waals surface area (Å²) in [5, 5.41) is 3.34. The van der Waals surface area contributed by atoms with E-state index in [-0.39, 0.29) is 0 Å². The molecule has 0 aliphatic carbocycles. The van der Waals surface area contributed by atoms with Crippen molar-refractivity contribution in [1.29, 1.82) is 0 Å². The number of benzene rings is 2. The molecule has 0 aromatic heterocycles. The van der Waals surface area contributed by atoms with Crippen molar-refractivity contribution >= 4 is 15.9 Å². The molecule has 0 spiro atoms. The monoisotopic (exact) mass is 407 g/mol. The van der Waals surface area contributed by atoms with Crippen LogP contribution in [-0.2, 0) is 17.9 Å². The predicted molar refractivity (Wildman–Crippen MR) is 104 cm³/mol. The SMILES string of the molecule is CCOc1cc(CNCCOC)c(Br)cc1OCc1cccc(C)c1. The van der Waals surface area contributed by atoms with Crippen molar-refractivity contribution in [3.63, 3.8) is 0 Å². The Hall–Kier alpha value is -1.56. The smallest absolute Gasteiger partial charge is 0.162 e. The van der Waals surface area contributed by atoms with E-state index in [4.69, 9.17) is 14.2 Å². The Morgan fingerprint density at radius 1 is 1.08 bits per heavy atom. The first kappa shape index (κ1) is 19.8. The summed E-state index contributed by atoms with van der Waals surface area (Å²) in [6.45, 7) is 7.40. The van der Waals surface area contributed by atoms with Gasteiger partial charge in [0.25, 0.3) is 0 Å². The van der Waals surface area contributed by atoms with Crippen molar-refractivity contribution in [3.8, 4) is 11.5 Å². The van der Waals surface area contributed by atoms with Gasteiger partial charge < -0.3 is 19.5 Å². The number of ether oxygens (including phenoxy) is 3. The molecule has 136 valence electrons. The lowest BCUT2D eigenvalue weighted by Gasteiger charge is -2.15. The fourth-order valence-corrected chi connectivity index (χ4v) is 2.92. The van der Waals surface area contributed by atoms with Crippen molar-refractivity contribution in [2.45, 2.75) is 27.0 Å². The van der Waals surface area contributed by atoms with Crippen molar-refractivity contribution in [2.24, 2.45) is 0 Å². The highest BCUT2D eigenvalue weighted by Gasteiger charge is 2.11. The maximum Gasteiger partial charge on any atom is 0.162 e. The molecule has 0 aliphatic rings. The number of methoxy groups -OCH3 is 1. The van der Waals surface area contributed by atoms with E-state index in [1.807, 2.05) is 25.1 Å². The van der Waals surface area contributed by atoms with Crippen LogP contribution in [0, 0.1) is 6.92 Å². The molecule has 2 aromatic carbocycles. The van der Waals surface area contributed by atoms with Gasteiger partial charge in [-0.05, 0) is 37.1 Å². The third kappa shape index (κ3) is 6.34. The molecule has 0 heterocycles. The van der Waals surface area contributed by atoms with Gasteiger partial charge in [0.15, 0.2) is 11.5 Å². The minimum Gasteiger partial charge on any atom is -0.490 e. The Morgan fingerprint density at radius 2 is 1.88 bits per heavy atom.